The molecule has 6 heteroatoms. The van der Waals surface area contributed by atoms with Gasteiger partial charge in [0.2, 0.25) is 0 Å². The van der Waals surface area contributed by atoms with E-state index in [9.17, 15) is 13.6 Å². The summed E-state index contributed by atoms with van der Waals surface area (Å²) in [4.78, 5) is 10.7. The molecule has 2 aromatic rings. The highest BCUT2D eigenvalue weighted by Gasteiger charge is 2.18. The number of alkyl halides is 2. The van der Waals surface area contributed by atoms with Crippen LogP contribution in [0.15, 0.2) is 18.2 Å². The molecule has 2 rings (SSSR count). The number of rotatable bonds is 2. The average Bonchev–Trinajstić information content (AvgIpc) is 2.56. The first-order chi connectivity index (χ1) is 7.50. The Morgan fingerprint density at radius 2 is 2.19 bits per heavy atom. The molecule has 0 aliphatic carbocycles. The van der Waals surface area contributed by atoms with Crippen LogP contribution in [0.2, 0.25) is 0 Å². The Balaban J connectivity index is 2.71. The summed E-state index contributed by atoms with van der Waals surface area (Å²) >= 11 is 0. The number of hydrogen-bond donors (Lipinski definition) is 1. The molecule has 0 unspecified atom stereocenters. The van der Waals surface area contributed by atoms with Crippen molar-refractivity contribution in [1.29, 1.82) is 0 Å². The lowest BCUT2D eigenvalue weighted by atomic mass is 10.1. The van der Waals surface area contributed by atoms with Gasteiger partial charge in [-0.25, -0.2) is 13.6 Å². The van der Waals surface area contributed by atoms with Crippen molar-refractivity contribution in [2.45, 2.75) is 6.43 Å². The predicted octanol–water partition coefficient (Wildman–Crippen LogP) is 2.21. The molecular formula is C10H8F2N2O2. The quantitative estimate of drug-likeness (QED) is 0.854. The SMILES string of the molecule is Cn1nc(C(F)F)c2ccc(C(=O)O)cc21. The highest BCUT2D eigenvalue weighted by molar-refractivity contribution is 5.94. The van der Waals surface area contributed by atoms with E-state index in [0.29, 0.717) is 5.52 Å². The molecule has 84 valence electrons. The summed E-state index contributed by atoms with van der Waals surface area (Å²) in [6.07, 6.45) is -2.67. The van der Waals surface area contributed by atoms with Crippen molar-refractivity contribution >= 4 is 16.9 Å². The van der Waals surface area contributed by atoms with E-state index in [0.717, 1.165) is 0 Å². The van der Waals surface area contributed by atoms with Crippen molar-refractivity contribution in [3.8, 4) is 0 Å². The molecule has 4 nitrogen and oxygen atoms in total. The maximum absolute atomic E-state index is 12.6. The lowest BCUT2D eigenvalue weighted by Crippen LogP contribution is -1.96. The molecule has 1 N–H and O–H groups in total. The molecule has 0 saturated carbocycles. The number of aromatic carboxylic acids is 1. The van der Waals surface area contributed by atoms with Crippen LogP contribution in [-0.4, -0.2) is 20.9 Å². The van der Waals surface area contributed by atoms with Crippen molar-refractivity contribution in [3.63, 3.8) is 0 Å². The number of halogens is 2. The second-order valence-electron chi connectivity index (χ2n) is 3.35. The molecule has 0 aliphatic rings. The summed E-state index contributed by atoms with van der Waals surface area (Å²) in [6, 6.07) is 3.97. The minimum atomic E-state index is -2.67. The van der Waals surface area contributed by atoms with Gasteiger partial charge >= 0.3 is 5.97 Å². The van der Waals surface area contributed by atoms with Crippen molar-refractivity contribution in [2.75, 3.05) is 0 Å². The van der Waals surface area contributed by atoms with E-state index in [2.05, 4.69) is 5.10 Å². The highest BCUT2D eigenvalue weighted by atomic mass is 19.3. The molecule has 0 fully saturated rings. The number of benzene rings is 1. The molecule has 0 aliphatic heterocycles. The minimum absolute atomic E-state index is 0.0521. The normalized spacial score (nSPS) is 11.2. The molecule has 1 aromatic carbocycles. The van der Waals surface area contributed by atoms with Gasteiger partial charge in [0, 0.05) is 12.4 Å². The molecule has 16 heavy (non-hydrogen) atoms. The monoisotopic (exact) mass is 226 g/mol. The molecule has 1 aromatic heterocycles. The number of nitrogens with zero attached hydrogens (tertiary/aromatic N) is 2. The molecule has 0 bridgehead atoms. The smallest absolute Gasteiger partial charge is 0.335 e. The van der Waals surface area contributed by atoms with Crippen LogP contribution in [0.25, 0.3) is 10.9 Å². The first kappa shape index (κ1) is 10.5. The number of aromatic nitrogens is 2. The topological polar surface area (TPSA) is 55.1 Å². The Kier molecular flexibility index (Phi) is 2.34. The zero-order valence-corrected chi connectivity index (χ0v) is 8.32. The molecule has 0 amide bonds. The van der Waals surface area contributed by atoms with Crippen LogP contribution in [0.5, 0.6) is 0 Å². The number of aryl methyl sites for hydroxylation is 1. The predicted molar refractivity (Wildman–Crippen MR) is 52.6 cm³/mol. The number of hydrogen-bond acceptors (Lipinski definition) is 2. The third-order valence-electron chi connectivity index (χ3n) is 2.33. The Morgan fingerprint density at radius 3 is 2.75 bits per heavy atom. The fraction of sp³-hybridized carbons (Fsp3) is 0.200. The van der Waals surface area contributed by atoms with E-state index in [1.54, 1.807) is 0 Å². The number of carboxylic acid groups (broad SMARTS) is 1. The maximum atomic E-state index is 12.6. The molecule has 0 radical (unpaired) electrons. The van der Waals surface area contributed by atoms with E-state index in [4.69, 9.17) is 5.11 Å². The van der Waals surface area contributed by atoms with Crippen LogP contribution in [-0.2, 0) is 7.05 Å². The van der Waals surface area contributed by atoms with Gasteiger partial charge in [-0.1, -0.05) is 0 Å². The van der Waals surface area contributed by atoms with Gasteiger partial charge in [0.1, 0.15) is 5.69 Å². The van der Waals surface area contributed by atoms with Gasteiger partial charge in [-0.3, -0.25) is 4.68 Å². The van der Waals surface area contributed by atoms with Crippen molar-refractivity contribution in [2.24, 2.45) is 7.05 Å². The van der Waals surface area contributed by atoms with Crippen molar-refractivity contribution in [3.05, 3.63) is 29.5 Å². The number of carbonyl (C=O) groups is 1. The van der Waals surface area contributed by atoms with E-state index < -0.39 is 12.4 Å². The van der Waals surface area contributed by atoms with Gasteiger partial charge < -0.3 is 5.11 Å². The Labute approximate surface area is 89.1 Å². The van der Waals surface area contributed by atoms with Gasteiger partial charge in [-0.15, -0.1) is 0 Å². The highest BCUT2D eigenvalue weighted by Crippen LogP contribution is 2.27. The molecule has 1 heterocycles. The summed E-state index contributed by atoms with van der Waals surface area (Å²) in [7, 11) is 1.50. The van der Waals surface area contributed by atoms with E-state index in [-0.39, 0.29) is 16.6 Å². The first-order valence-electron chi connectivity index (χ1n) is 4.49. The molecule has 0 saturated heterocycles. The Hall–Kier alpha value is -1.98. The number of fused-ring (bicyclic) bond motifs is 1. The average molecular weight is 226 g/mol. The molecule has 0 spiro atoms. The van der Waals surface area contributed by atoms with Crippen LogP contribution in [0.1, 0.15) is 22.5 Å². The second kappa shape index (κ2) is 3.55. The van der Waals surface area contributed by atoms with Gasteiger partial charge in [-0.2, -0.15) is 5.10 Å². The van der Waals surface area contributed by atoms with Gasteiger partial charge in [0.15, 0.2) is 0 Å². The summed E-state index contributed by atoms with van der Waals surface area (Å²) in [5.41, 5.74) is 0.112. The van der Waals surface area contributed by atoms with Crippen LogP contribution in [0.4, 0.5) is 8.78 Å². The van der Waals surface area contributed by atoms with Crippen LogP contribution in [0.3, 0.4) is 0 Å². The van der Waals surface area contributed by atoms with E-state index in [1.165, 1.54) is 29.9 Å². The molecular weight excluding hydrogens is 218 g/mol. The lowest BCUT2D eigenvalue weighted by molar-refractivity contribution is 0.0697. The lowest BCUT2D eigenvalue weighted by Gasteiger charge is -1.97. The Bertz CT molecular complexity index is 563. The van der Waals surface area contributed by atoms with Crippen molar-refractivity contribution in [1.82, 2.24) is 9.78 Å². The number of carboxylic acids is 1. The third kappa shape index (κ3) is 1.52. The summed E-state index contributed by atoms with van der Waals surface area (Å²) in [6.45, 7) is 0. The van der Waals surface area contributed by atoms with Crippen LogP contribution in [0, 0.1) is 0 Å². The molecule has 0 atom stereocenters. The second-order valence-corrected chi connectivity index (χ2v) is 3.35. The summed E-state index contributed by atoms with van der Waals surface area (Å²) in [5, 5.41) is 12.7. The van der Waals surface area contributed by atoms with Crippen molar-refractivity contribution < 1.29 is 18.7 Å². The Morgan fingerprint density at radius 1 is 1.50 bits per heavy atom. The summed E-state index contributed by atoms with van der Waals surface area (Å²) < 4.78 is 26.4. The van der Waals surface area contributed by atoms with E-state index in [1.807, 2.05) is 0 Å². The van der Waals surface area contributed by atoms with Gasteiger partial charge in [0.25, 0.3) is 6.43 Å². The van der Waals surface area contributed by atoms with Crippen LogP contribution >= 0.6 is 0 Å². The van der Waals surface area contributed by atoms with E-state index >= 15 is 0 Å². The first-order valence-corrected chi connectivity index (χ1v) is 4.49. The summed E-state index contributed by atoms with van der Waals surface area (Å²) in [5.74, 6) is -1.10. The fourth-order valence-electron chi connectivity index (χ4n) is 1.58. The third-order valence-corrected chi connectivity index (χ3v) is 2.33. The largest absolute Gasteiger partial charge is 0.478 e. The van der Waals surface area contributed by atoms with Gasteiger partial charge in [-0.05, 0) is 18.2 Å². The maximum Gasteiger partial charge on any atom is 0.335 e. The van der Waals surface area contributed by atoms with Gasteiger partial charge in [0.05, 0.1) is 11.1 Å². The van der Waals surface area contributed by atoms with Crippen LogP contribution < -0.4 is 0 Å². The zero-order chi connectivity index (χ0) is 11.9. The standard InChI is InChI=1S/C10H8F2N2O2/c1-14-7-4-5(10(15)16)2-3-6(7)8(13-14)9(11)12/h2-4,9H,1H3,(H,15,16). The fourth-order valence-corrected chi connectivity index (χ4v) is 1.58. The minimum Gasteiger partial charge on any atom is -0.478 e. The zero-order valence-electron chi connectivity index (χ0n) is 8.32.